The fraction of sp³-hybridized carbons (Fsp3) is 0.833. The van der Waals surface area contributed by atoms with Gasteiger partial charge in [-0.1, -0.05) is 0 Å². The lowest BCUT2D eigenvalue weighted by atomic mass is 10.2. The standard InChI is InChI=1S/C6H8N2O/c7-3-6(8)4-1-9-2-5(4)6/h4-5H,1-2,8H2. The van der Waals surface area contributed by atoms with E-state index < -0.39 is 5.54 Å². The molecule has 2 aliphatic rings. The van der Waals surface area contributed by atoms with Crippen molar-refractivity contribution in [3.05, 3.63) is 0 Å². The number of nitriles is 1. The minimum atomic E-state index is -0.516. The number of hydrogen-bond donors (Lipinski definition) is 1. The maximum Gasteiger partial charge on any atom is 0.115 e. The predicted octanol–water partition coefficient (Wildman–Crippen LogP) is -0.516. The summed E-state index contributed by atoms with van der Waals surface area (Å²) in [5.41, 5.74) is 5.14. The highest BCUT2D eigenvalue weighted by Gasteiger charge is 2.66. The van der Waals surface area contributed by atoms with Gasteiger partial charge in [-0.2, -0.15) is 5.26 Å². The molecule has 2 fully saturated rings. The maximum atomic E-state index is 8.54. The Morgan fingerprint density at radius 1 is 1.56 bits per heavy atom. The average Bonchev–Trinajstić information content (AvgIpc) is 2.39. The van der Waals surface area contributed by atoms with E-state index in [1.165, 1.54) is 0 Å². The zero-order chi connectivity index (χ0) is 6.48. The molecule has 1 saturated carbocycles. The first-order valence-corrected chi connectivity index (χ1v) is 3.07. The fourth-order valence-electron chi connectivity index (χ4n) is 1.56. The van der Waals surface area contributed by atoms with Crippen molar-refractivity contribution in [2.24, 2.45) is 17.6 Å². The van der Waals surface area contributed by atoms with Gasteiger partial charge in [0.05, 0.1) is 19.3 Å². The monoisotopic (exact) mass is 124 g/mol. The van der Waals surface area contributed by atoms with Crippen LogP contribution in [0.2, 0.25) is 0 Å². The van der Waals surface area contributed by atoms with E-state index in [0.29, 0.717) is 25.0 Å². The van der Waals surface area contributed by atoms with E-state index in [4.69, 9.17) is 15.7 Å². The highest BCUT2D eigenvalue weighted by Crippen LogP contribution is 2.51. The molecule has 0 radical (unpaired) electrons. The zero-order valence-electron chi connectivity index (χ0n) is 5.00. The highest BCUT2D eigenvalue weighted by molar-refractivity contribution is 5.29. The van der Waals surface area contributed by atoms with Gasteiger partial charge in [0.2, 0.25) is 0 Å². The molecule has 1 heterocycles. The molecule has 1 aliphatic heterocycles. The molecule has 0 aromatic heterocycles. The summed E-state index contributed by atoms with van der Waals surface area (Å²) in [7, 11) is 0. The number of rotatable bonds is 0. The minimum absolute atomic E-state index is 0.336. The molecule has 2 N–H and O–H groups in total. The molecular formula is C6H8N2O. The number of ether oxygens (including phenoxy) is 1. The minimum Gasteiger partial charge on any atom is -0.381 e. The summed E-state index contributed by atoms with van der Waals surface area (Å²) < 4.78 is 5.07. The Balaban J connectivity index is 2.18. The van der Waals surface area contributed by atoms with Gasteiger partial charge < -0.3 is 10.5 Å². The smallest absolute Gasteiger partial charge is 0.115 e. The van der Waals surface area contributed by atoms with Crippen molar-refractivity contribution < 1.29 is 4.74 Å². The Kier molecular flexibility index (Phi) is 0.743. The van der Waals surface area contributed by atoms with Crippen LogP contribution in [0.5, 0.6) is 0 Å². The number of nitrogens with zero attached hydrogens (tertiary/aromatic N) is 1. The van der Waals surface area contributed by atoms with Crippen LogP contribution in [0, 0.1) is 23.2 Å². The second kappa shape index (κ2) is 1.28. The summed E-state index contributed by atoms with van der Waals surface area (Å²) >= 11 is 0. The molecule has 2 atom stereocenters. The molecule has 2 unspecified atom stereocenters. The summed E-state index contributed by atoms with van der Waals surface area (Å²) in [6, 6.07) is 2.12. The molecule has 0 bridgehead atoms. The number of fused-ring (bicyclic) bond motifs is 1. The summed E-state index contributed by atoms with van der Waals surface area (Å²) in [6.07, 6.45) is 0. The van der Waals surface area contributed by atoms with Gasteiger partial charge in [-0.15, -0.1) is 0 Å². The summed E-state index contributed by atoms with van der Waals surface area (Å²) in [5.74, 6) is 0.671. The van der Waals surface area contributed by atoms with Gasteiger partial charge in [0.1, 0.15) is 5.54 Å². The van der Waals surface area contributed by atoms with E-state index >= 15 is 0 Å². The molecule has 3 heteroatoms. The molecule has 0 spiro atoms. The van der Waals surface area contributed by atoms with E-state index in [-0.39, 0.29) is 0 Å². The Bertz CT molecular complexity index is 174. The van der Waals surface area contributed by atoms with Crippen LogP contribution in [-0.2, 0) is 4.74 Å². The first-order chi connectivity index (χ1) is 4.29. The van der Waals surface area contributed by atoms with Crippen LogP contribution in [-0.4, -0.2) is 18.8 Å². The molecule has 2 rings (SSSR count). The molecule has 1 aliphatic carbocycles. The molecule has 48 valence electrons. The maximum absolute atomic E-state index is 8.54. The van der Waals surface area contributed by atoms with Crippen molar-refractivity contribution in [1.29, 1.82) is 5.26 Å². The van der Waals surface area contributed by atoms with E-state index in [9.17, 15) is 0 Å². The molecule has 9 heavy (non-hydrogen) atoms. The van der Waals surface area contributed by atoms with Crippen molar-refractivity contribution in [2.75, 3.05) is 13.2 Å². The highest BCUT2D eigenvalue weighted by atomic mass is 16.5. The van der Waals surface area contributed by atoms with E-state index in [1.807, 2.05) is 0 Å². The van der Waals surface area contributed by atoms with Gasteiger partial charge in [0.15, 0.2) is 0 Å². The van der Waals surface area contributed by atoms with Crippen LogP contribution in [0.4, 0.5) is 0 Å². The number of hydrogen-bond acceptors (Lipinski definition) is 3. The number of nitrogens with two attached hydrogens (primary N) is 1. The fourth-order valence-corrected chi connectivity index (χ4v) is 1.56. The van der Waals surface area contributed by atoms with Crippen LogP contribution >= 0.6 is 0 Å². The Labute approximate surface area is 53.4 Å². The first kappa shape index (κ1) is 5.21. The molecule has 0 aromatic carbocycles. The lowest BCUT2D eigenvalue weighted by Crippen LogP contribution is -2.28. The molecule has 1 saturated heterocycles. The Morgan fingerprint density at radius 3 is 2.44 bits per heavy atom. The second-order valence-corrected chi connectivity index (χ2v) is 2.80. The van der Waals surface area contributed by atoms with Crippen molar-refractivity contribution in [1.82, 2.24) is 0 Å². The molecular weight excluding hydrogens is 116 g/mol. The van der Waals surface area contributed by atoms with Gasteiger partial charge in [-0.25, -0.2) is 0 Å². The zero-order valence-corrected chi connectivity index (χ0v) is 5.00. The van der Waals surface area contributed by atoms with Gasteiger partial charge >= 0.3 is 0 Å². The lowest BCUT2D eigenvalue weighted by molar-refractivity contribution is 0.152. The normalized spacial score (nSPS) is 54.2. The largest absolute Gasteiger partial charge is 0.381 e. The summed E-state index contributed by atoms with van der Waals surface area (Å²) in [4.78, 5) is 0. The van der Waals surface area contributed by atoms with Crippen molar-refractivity contribution >= 4 is 0 Å². The molecule has 0 amide bonds. The SMILES string of the molecule is N#CC1(N)C2COCC21. The summed E-state index contributed by atoms with van der Waals surface area (Å²) in [6.45, 7) is 1.38. The van der Waals surface area contributed by atoms with Crippen LogP contribution in [0.25, 0.3) is 0 Å². The van der Waals surface area contributed by atoms with Crippen molar-refractivity contribution in [3.8, 4) is 6.07 Å². The lowest BCUT2D eigenvalue weighted by Gasteiger charge is -2.03. The second-order valence-electron chi connectivity index (χ2n) is 2.80. The quantitative estimate of drug-likeness (QED) is 0.473. The molecule has 3 nitrogen and oxygen atoms in total. The van der Waals surface area contributed by atoms with Crippen molar-refractivity contribution in [3.63, 3.8) is 0 Å². The van der Waals surface area contributed by atoms with Gasteiger partial charge in [0, 0.05) is 11.8 Å². The third-order valence-electron chi connectivity index (χ3n) is 2.39. The Hall–Kier alpha value is -0.590. The first-order valence-electron chi connectivity index (χ1n) is 3.07. The van der Waals surface area contributed by atoms with Crippen LogP contribution in [0.15, 0.2) is 0 Å². The summed E-state index contributed by atoms with van der Waals surface area (Å²) in [5, 5.41) is 8.54. The third kappa shape index (κ3) is 0.432. The van der Waals surface area contributed by atoms with E-state index in [1.54, 1.807) is 0 Å². The van der Waals surface area contributed by atoms with Gasteiger partial charge in [0.25, 0.3) is 0 Å². The topological polar surface area (TPSA) is 59.0 Å². The van der Waals surface area contributed by atoms with Crippen molar-refractivity contribution in [2.45, 2.75) is 5.54 Å². The van der Waals surface area contributed by atoms with Gasteiger partial charge in [-0.3, -0.25) is 0 Å². The Morgan fingerprint density at radius 2 is 2.11 bits per heavy atom. The van der Waals surface area contributed by atoms with E-state index in [0.717, 1.165) is 0 Å². The van der Waals surface area contributed by atoms with Gasteiger partial charge in [-0.05, 0) is 0 Å². The van der Waals surface area contributed by atoms with Crippen LogP contribution < -0.4 is 5.73 Å². The third-order valence-corrected chi connectivity index (χ3v) is 2.39. The van der Waals surface area contributed by atoms with E-state index in [2.05, 4.69) is 6.07 Å². The average molecular weight is 124 g/mol. The van der Waals surface area contributed by atoms with Crippen LogP contribution in [0.1, 0.15) is 0 Å². The predicted molar refractivity (Wildman–Crippen MR) is 30.3 cm³/mol. The van der Waals surface area contributed by atoms with Crippen LogP contribution in [0.3, 0.4) is 0 Å². The molecule has 0 aromatic rings.